The monoisotopic (exact) mass is 259 g/mol. The van der Waals surface area contributed by atoms with E-state index in [9.17, 15) is 4.39 Å². The first-order valence-corrected chi connectivity index (χ1v) is 6.82. The van der Waals surface area contributed by atoms with Crippen LogP contribution in [0.4, 0.5) is 10.1 Å². The van der Waals surface area contributed by atoms with E-state index in [1.807, 2.05) is 12.1 Å². The summed E-state index contributed by atoms with van der Waals surface area (Å²) in [5, 5.41) is 7.67. The van der Waals surface area contributed by atoms with Gasteiger partial charge in [0.05, 0.1) is 0 Å². The molecule has 19 heavy (non-hydrogen) atoms. The smallest absolute Gasteiger partial charge is 0.149 e. The molecule has 2 heterocycles. The zero-order chi connectivity index (χ0) is 13.1. The SMILES string of the molecule is Fc1cccc2c(NCC3CCNCC3)ccnc12. The summed E-state index contributed by atoms with van der Waals surface area (Å²) in [6, 6.07) is 7.01. The third-order valence-electron chi connectivity index (χ3n) is 3.76. The van der Waals surface area contributed by atoms with Crippen molar-refractivity contribution < 1.29 is 4.39 Å². The number of pyridine rings is 1. The lowest BCUT2D eigenvalue weighted by molar-refractivity contribution is 0.390. The number of benzene rings is 1. The number of nitrogens with one attached hydrogen (secondary N) is 2. The summed E-state index contributed by atoms with van der Waals surface area (Å²) in [5.74, 6) is 0.432. The van der Waals surface area contributed by atoms with E-state index in [2.05, 4.69) is 15.6 Å². The minimum atomic E-state index is -0.261. The van der Waals surface area contributed by atoms with Crippen molar-refractivity contribution >= 4 is 16.6 Å². The average molecular weight is 259 g/mol. The van der Waals surface area contributed by atoms with Crippen LogP contribution in [0.25, 0.3) is 10.9 Å². The Labute approximate surface area is 112 Å². The number of rotatable bonds is 3. The van der Waals surface area contributed by atoms with Gasteiger partial charge in [-0.15, -0.1) is 0 Å². The second-order valence-corrected chi connectivity index (χ2v) is 5.07. The molecule has 1 aromatic carbocycles. The second kappa shape index (κ2) is 5.53. The minimum absolute atomic E-state index is 0.261. The number of anilines is 1. The molecule has 1 aromatic heterocycles. The van der Waals surface area contributed by atoms with Gasteiger partial charge in [-0.25, -0.2) is 4.39 Å². The molecule has 1 aliphatic rings. The van der Waals surface area contributed by atoms with Crippen LogP contribution in [-0.4, -0.2) is 24.6 Å². The fourth-order valence-electron chi connectivity index (χ4n) is 2.63. The summed E-state index contributed by atoms with van der Waals surface area (Å²) in [5.41, 5.74) is 1.42. The Kier molecular flexibility index (Phi) is 3.60. The van der Waals surface area contributed by atoms with E-state index >= 15 is 0 Å². The third kappa shape index (κ3) is 2.68. The van der Waals surface area contributed by atoms with Gasteiger partial charge in [-0.3, -0.25) is 4.98 Å². The molecule has 1 saturated heterocycles. The van der Waals surface area contributed by atoms with Crippen molar-refractivity contribution in [2.45, 2.75) is 12.8 Å². The number of aromatic nitrogens is 1. The summed E-state index contributed by atoms with van der Waals surface area (Å²) in [4.78, 5) is 4.11. The van der Waals surface area contributed by atoms with Gasteiger partial charge < -0.3 is 10.6 Å². The quantitative estimate of drug-likeness (QED) is 0.890. The van der Waals surface area contributed by atoms with Crippen LogP contribution in [0, 0.1) is 11.7 Å². The molecule has 0 atom stereocenters. The molecule has 0 radical (unpaired) electrons. The number of halogens is 1. The summed E-state index contributed by atoms with van der Waals surface area (Å²) in [6.07, 6.45) is 4.06. The van der Waals surface area contributed by atoms with E-state index in [1.54, 1.807) is 12.3 Å². The molecule has 0 aliphatic carbocycles. The zero-order valence-corrected chi connectivity index (χ0v) is 10.8. The largest absolute Gasteiger partial charge is 0.384 e. The molecule has 100 valence electrons. The summed E-state index contributed by atoms with van der Waals surface area (Å²) >= 11 is 0. The lowest BCUT2D eigenvalue weighted by Crippen LogP contribution is -2.31. The molecule has 0 bridgehead atoms. The Morgan fingerprint density at radius 2 is 2.11 bits per heavy atom. The molecule has 2 N–H and O–H groups in total. The maximum Gasteiger partial charge on any atom is 0.149 e. The van der Waals surface area contributed by atoms with Crippen molar-refractivity contribution in [2.24, 2.45) is 5.92 Å². The van der Waals surface area contributed by atoms with E-state index in [1.165, 1.54) is 18.9 Å². The highest BCUT2D eigenvalue weighted by Crippen LogP contribution is 2.24. The molecule has 0 amide bonds. The van der Waals surface area contributed by atoms with Gasteiger partial charge in [-0.05, 0) is 44.0 Å². The molecular weight excluding hydrogens is 241 g/mol. The third-order valence-corrected chi connectivity index (χ3v) is 3.76. The van der Waals surface area contributed by atoms with Gasteiger partial charge in [0.1, 0.15) is 11.3 Å². The van der Waals surface area contributed by atoms with Crippen LogP contribution in [0.1, 0.15) is 12.8 Å². The lowest BCUT2D eigenvalue weighted by atomic mass is 9.98. The first-order chi connectivity index (χ1) is 9.34. The van der Waals surface area contributed by atoms with Crippen LogP contribution in [-0.2, 0) is 0 Å². The maximum absolute atomic E-state index is 13.7. The first kappa shape index (κ1) is 12.4. The minimum Gasteiger partial charge on any atom is -0.384 e. The van der Waals surface area contributed by atoms with Gasteiger partial charge in [0, 0.05) is 23.8 Å². The molecule has 0 saturated carbocycles. The van der Waals surface area contributed by atoms with Gasteiger partial charge in [0.2, 0.25) is 0 Å². The van der Waals surface area contributed by atoms with Crippen molar-refractivity contribution in [3.8, 4) is 0 Å². The molecule has 0 unspecified atom stereocenters. The fourth-order valence-corrected chi connectivity index (χ4v) is 2.63. The van der Waals surface area contributed by atoms with Crippen molar-refractivity contribution in [3.63, 3.8) is 0 Å². The maximum atomic E-state index is 13.7. The molecule has 0 spiro atoms. The number of hydrogen-bond donors (Lipinski definition) is 2. The molecular formula is C15H18FN3. The van der Waals surface area contributed by atoms with E-state index in [-0.39, 0.29) is 5.82 Å². The van der Waals surface area contributed by atoms with Crippen molar-refractivity contribution in [1.29, 1.82) is 0 Å². The highest BCUT2D eigenvalue weighted by atomic mass is 19.1. The number of piperidine rings is 1. The van der Waals surface area contributed by atoms with Crippen LogP contribution in [0.5, 0.6) is 0 Å². The molecule has 1 fully saturated rings. The standard InChI is InChI=1S/C15H18FN3/c16-13-3-1-2-12-14(6-9-18-15(12)13)19-10-11-4-7-17-8-5-11/h1-3,6,9,11,17H,4-5,7-8,10H2,(H,18,19). The van der Waals surface area contributed by atoms with Crippen LogP contribution >= 0.6 is 0 Å². The Balaban J connectivity index is 1.79. The predicted octanol–water partition coefficient (Wildman–Crippen LogP) is 2.79. The lowest BCUT2D eigenvalue weighted by Gasteiger charge is -2.23. The molecule has 1 aliphatic heterocycles. The van der Waals surface area contributed by atoms with Crippen LogP contribution in [0.2, 0.25) is 0 Å². The average Bonchev–Trinajstić information content (AvgIpc) is 2.47. The predicted molar refractivity (Wildman–Crippen MR) is 75.8 cm³/mol. The van der Waals surface area contributed by atoms with Gasteiger partial charge in [-0.1, -0.05) is 12.1 Å². The highest BCUT2D eigenvalue weighted by Gasteiger charge is 2.13. The molecule has 3 nitrogen and oxygen atoms in total. The number of fused-ring (bicyclic) bond motifs is 1. The molecule has 2 aromatic rings. The number of para-hydroxylation sites is 1. The topological polar surface area (TPSA) is 37.0 Å². The van der Waals surface area contributed by atoms with Crippen LogP contribution in [0.15, 0.2) is 30.5 Å². The second-order valence-electron chi connectivity index (χ2n) is 5.07. The first-order valence-electron chi connectivity index (χ1n) is 6.82. The van der Waals surface area contributed by atoms with Crippen molar-refractivity contribution in [2.75, 3.05) is 25.0 Å². The summed E-state index contributed by atoms with van der Waals surface area (Å²) in [7, 11) is 0. The Bertz CT molecular complexity index is 564. The van der Waals surface area contributed by atoms with Gasteiger partial charge in [0.25, 0.3) is 0 Å². The summed E-state index contributed by atoms with van der Waals surface area (Å²) in [6.45, 7) is 3.13. The van der Waals surface area contributed by atoms with Crippen LogP contribution < -0.4 is 10.6 Å². The van der Waals surface area contributed by atoms with Crippen molar-refractivity contribution in [1.82, 2.24) is 10.3 Å². The zero-order valence-electron chi connectivity index (χ0n) is 10.8. The van der Waals surface area contributed by atoms with Gasteiger partial charge >= 0.3 is 0 Å². The fraction of sp³-hybridized carbons (Fsp3) is 0.400. The van der Waals surface area contributed by atoms with E-state index < -0.39 is 0 Å². The van der Waals surface area contributed by atoms with Gasteiger partial charge in [-0.2, -0.15) is 0 Å². The number of nitrogens with zero attached hydrogens (tertiary/aromatic N) is 1. The van der Waals surface area contributed by atoms with E-state index in [4.69, 9.17) is 0 Å². The molecule has 4 heteroatoms. The Hall–Kier alpha value is -1.68. The van der Waals surface area contributed by atoms with E-state index in [0.717, 1.165) is 30.7 Å². The van der Waals surface area contributed by atoms with E-state index in [0.29, 0.717) is 11.4 Å². The van der Waals surface area contributed by atoms with Gasteiger partial charge in [0.15, 0.2) is 0 Å². The Morgan fingerprint density at radius 1 is 1.26 bits per heavy atom. The van der Waals surface area contributed by atoms with Crippen molar-refractivity contribution in [3.05, 3.63) is 36.3 Å². The molecule has 3 rings (SSSR count). The highest BCUT2D eigenvalue weighted by molar-refractivity contribution is 5.91. The Morgan fingerprint density at radius 3 is 2.95 bits per heavy atom. The normalized spacial score (nSPS) is 16.7. The van der Waals surface area contributed by atoms with Crippen LogP contribution in [0.3, 0.4) is 0 Å². The summed E-state index contributed by atoms with van der Waals surface area (Å²) < 4.78 is 13.7. The number of hydrogen-bond acceptors (Lipinski definition) is 3.